The zero-order chi connectivity index (χ0) is 7.82. The first-order chi connectivity index (χ1) is 4.81. The predicted octanol–water partition coefficient (Wildman–Crippen LogP) is 2.77. The van der Waals surface area contributed by atoms with Gasteiger partial charge in [0.1, 0.15) is 0 Å². The molecule has 0 saturated carbocycles. The Hall–Kier alpha value is -0.300. The van der Waals surface area contributed by atoms with Crippen molar-refractivity contribution in [2.75, 3.05) is 6.61 Å². The van der Waals surface area contributed by atoms with Gasteiger partial charge in [-0.1, -0.05) is 25.5 Å². The second kappa shape index (κ2) is 6.81. The fraction of sp³-hybridized carbons (Fsp3) is 0.778. The predicted molar refractivity (Wildman–Crippen MR) is 45.1 cm³/mol. The van der Waals surface area contributed by atoms with E-state index < -0.39 is 0 Å². The van der Waals surface area contributed by atoms with Gasteiger partial charge in [0.05, 0.1) is 6.10 Å². The van der Waals surface area contributed by atoms with E-state index in [9.17, 15) is 0 Å². The molecule has 60 valence electrons. The van der Waals surface area contributed by atoms with Crippen molar-refractivity contribution in [1.82, 2.24) is 0 Å². The molecule has 0 spiro atoms. The lowest BCUT2D eigenvalue weighted by molar-refractivity contribution is 0.0949. The maximum absolute atomic E-state index is 5.44. The summed E-state index contributed by atoms with van der Waals surface area (Å²) in [6.07, 6.45) is 6.76. The highest BCUT2D eigenvalue weighted by Gasteiger charge is 1.92. The molecule has 1 nitrogen and oxygen atoms in total. The second-order valence-electron chi connectivity index (χ2n) is 2.46. The molecule has 0 heterocycles. The summed E-state index contributed by atoms with van der Waals surface area (Å²) in [6, 6.07) is 0. The van der Waals surface area contributed by atoms with E-state index in [2.05, 4.69) is 19.9 Å². The van der Waals surface area contributed by atoms with Crippen molar-refractivity contribution in [3.63, 3.8) is 0 Å². The van der Waals surface area contributed by atoms with Crippen LogP contribution < -0.4 is 0 Å². The quantitative estimate of drug-likeness (QED) is 0.423. The molecule has 1 atom stereocenters. The molecule has 0 aliphatic rings. The van der Waals surface area contributed by atoms with Crippen molar-refractivity contribution >= 4 is 0 Å². The van der Waals surface area contributed by atoms with Crippen LogP contribution in [0.5, 0.6) is 0 Å². The zero-order valence-corrected chi connectivity index (χ0v) is 7.26. The normalized spacial score (nSPS) is 14.3. The smallest absolute Gasteiger partial charge is 0.0727 e. The molecule has 0 aromatic heterocycles. The summed E-state index contributed by atoms with van der Waals surface area (Å²) < 4.78 is 5.44. The van der Waals surface area contributed by atoms with E-state index in [4.69, 9.17) is 4.74 Å². The minimum absolute atomic E-state index is 0.288. The van der Waals surface area contributed by atoms with E-state index in [1.807, 2.05) is 13.0 Å². The lowest BCUT2D eigenvalue weighted by atomic mass is 10.3. The molecule has 0 aromatic carbocycles. The van der Waals surface area contributed by atoms with Gasteiger partial charge in [-0.05, 0) is 20.3 Å². The Bertz CT molecular complexity index is 86.7. The van der Waals surface area contributed by atoms with Gasteiger partial charge in [0.2, 0.25) is 0 Å². The van der Waals surface area contributed by atoms with Crippen LogP contribution in [0, 0.1) is 0 Å². The molecule has 0 saturated heterocycles. The van der Waals surface area contributed by atoms with E-state index in [0.717, 1.165) is 6.61 Å². The van der Waals surface area contributed by atoms with Gasteiger partial charge in [-0.2, -0.15) is 0 Å². The van der Waals surface area contributed by atoms with Gasteiger partial charge in [0.15, 0.2) is 0 Å². The molecule has 0 N–H and O–H groups in total. The standard InChI is InChI=1S/C9H18O/c1-4-6-8-10-9(3)7-5-2/h5,7,9H,4,6,8H2,1-3H3/b7-5+. The maximum atomic E-state index is 5.44. The van der Waals surface area contributed by atoms with Crippen LogP contribution in [0.1, 0.15) is 33.6 Å². The van der Waals surface area contributed by atoms with Crippen LogP contribution in [-0.4, -0.2) is 12.7 Å². The van der Waals surface area contributed by atoms with Gasteiger partial charge in [-0.3, -0.25) is 0 Å². The largest absolute Gasteiger partial charge is 0.374 e. The zero-order valence-electron chi connectivity index (χ0n) is 7.26. The third kappa shape index (κ3) is 5.83. The first-order valence-electron chi connectivity index (χ1n) is 4.05. The molecule has 0 radical (unpaired) electrons. The van der Waals surface area contributed by atoms with Crippen molar-refractivity contribution in [2.45, 2.75) is 39.7 Å². The fourth-order valence-electron chi connectivity index (χ4n) is 0.740. The van der Waals surface area contributed by atoms with Crippen LogP contribution >= 0.6 is 0 Å². The number of rotatable bonds is 5. The van der Waals surface area contributed by atoms with Gasteiger partial charge in [-0.15, -0.1) is 0 Å². The summed E-state index contributed by atoms with van der Waals surface area (Å²) >= 11 is 0. The Morgan fingerprint density at radius 2 is 2.20 bits per heavy atom. The lowest BCUT2D eigenvalue weighted by Crippen LogP contribution is -2.05. The summed E-state index contributed by atoms with van der Waals surface area (Å²) in [5.74, 6) is 0. The van der Waals surface area contributed by atoms with Crippen LogP contribution in [0.25, 0.3) is 0 Å². The average molecular weight is 142 g/mol. The molecule has 0 aromatic rings. The van der Waals surface area contributed by atoms with E-state index in [0.29, 0.717) is 0 Å². The summed E-state index contributed by atoms with van der Waals surface area (Å²) in [4.78, 5) is 0. The highest BCUT2D eigenvalue weighted by Crippen LogP contribution is 1.95. The van der Waals surface area contributed by atoms with E-state index in [1.54, 1.807) is 0 Å². The number of hydrogen-bond donors (Lipinski definition) is 0. The van der Waals surface area contributed by atoms with E-state index in [1.165, 1.54) is 12.8 Å². The van der Waals surface area contributed by atoms with Crippen molar-refractivity contribution in [3.05, 3.63) is 12.2 Å². The van der Waals surface area contributed by atoms with Crippen molar-refractivity contribution in [3.8, 4) is 0 Å². The Balaban J connectivity index is 3.13. The molecule has 0 amide bonds. The summed E-state index contributed by atoms with van der Waals surface area (Å²) in [6.45, 7) is 7.14. The molecular weight excluding hydrogens is 124 g/mol. The highest BCUT2D eigenvalue weighted by molar-refractivity contribution is 4.83. The van der Waals surface area contributed by atoms with E-state index >= 15 is 0 Å². The number of ether oxygens (including phenoxy) is 1. The first kappa shape index (κ1) is 9.70. The second-order valence-corrected chi connectivity index (χ2v) is 2.46. The Kier molecular flexibility index (Phi) is 6.61. The summed E-state index contributed by atoms with van der Waals surface area (Å²) in [5.41, 5.74) is 0. The van der Waals surface area contributed by atoms with Gasteiger partial charge >= 0.3 is 0 Å². The lowest BCUT2D eigenvalue weighted by Gasteiger charge is -2.06. The first-order valence-corrected chi connectivity index (χ1v) is 4.05. The molecule has 0 aliphatic carbocycles. The minimum Gasteiger partial charge on any atom is -0.374 e. The Labute approximate surface area is 64.1 Å². The molecule has 1 heteroatoms. The summed E-state index contributed by atoms with van der Waals surface area (Å²) in [7, 11) is 0. The number of allylic oxidation sites excluding steroid dienone is 1. The Morgan fingerprint density at radius 1 is 1.50 bits per heavy atom. The molecule has 0 bridgehead atoms. The van der Waals surface area contributed by atoms with Gasteiger partial charge < -0.3 is 4.74 Å². The van der Waals surface area contributed by atoms with Crippen LogP contribution in [0.2, 0.25) is 0 Å². The minimum atomic E-state index is 0.288. The molecule has 1 unspecified atom stereocenters. The number of hydrogen-bond acceptors (Lipinski definition) is 1. The van der Waals surface area contributed by atoms with Crippen LogP contribution in [0.4, 0.5) is 0 Å². The van der Waals surface area contributed by atoms with Gasteiger partial charge in [0.25, 0.3) is 0 Å². The Morgan fingerprint density at radius 3 is 2.70 bits per heavy atom. The molecule has 10 heavy (non-hydrogen) atoms. The van der Waals surface area contributed by atoms with E-state index in [-0.39, 0.29) is 6.10 Å². The van der Waals surface area contributed by atoms with Crippen molar-refractivity contribution < 1.29 is 4.74 Å². The maximum Gasteiger partial charge on any atom is 0.0727 e. The number of unbranched alkanes of at least 4 members (excludes halogenated alkanes) is 1. The van der Waals surface area contributed by atoms with Crippen molar-refractivity contribution in [1.29, 1.82) is 0 Å². The van der Waals surface area contributed by atoms with Crippen LogP contribution in [0.15, 0.2) is 12.2 Å². The SMILES string of the molecule is C/C=C/C(C)OCCCC. The average Bonchev–Trinajstić information content (AvgIpc) is 1.89. The van der Waals surface area contributed by atoms with Crippen LogP contribution in [-0.2, 0) is 4.74 Å². The van der Waals surface area contributed by atoms with Gasteiger partial charge in [-0.25, -0.2) is 0 Å². The van der Waals surface area contributed by atoms with Gasteiger partial charge in [0, 0.05) is 6.61 Å². The fourth-order valence-corrected chi connectivity index (χ4v) is 0.740. The highest BCUT2D eigenvalue weighted by atomic mass is 16.5. The summed E-state index contributed by atoms with van der Waals surface area (Å²) in [5, 5.41) is 0. The molecular formula is C9H18O. The molecule has 0 fully saturated rings. The molecule has 0 rings (SSSR count). The third-order valence-electron chi connectivity index (χ3n) is 1.34. The van der Waals surface area contributed by atoms with Crippen LogP contribution in [0.3, 0.4) is 0 Å². The third-order valence-corrected chi connectivity index (χ3v) is 1.34. The molecule has 0 aliphatic heterocycles. The van der Waals surface area contributed by atoms with Crippen molar-refractivity contribution in [2.24, 2.45) is 0 Å². The topological polar surface area (TPSA) is 9.23 Å². The monoisotopic (exact) mass is 142 g/mol.